The van der Waals surface area contributed by atoms with Crippen LogP contribution in [0.1, 0.15) is 25.7 Å². The van der Waals surface area contributed by atoms with Gasteiger partial charge in [0.25, 0.3) is 15.9 Å². The maximum Gasteiger partial charge on any atom is 0.265 e. The molecule has 0 radical (unpaired) electrons. The molecule has 2 aromatic rings. The third-order valence-electron chi connectivity index (χ3n) is 5.63. The summed E-state index contributed by atoms with van der Waals surface area (Å²) in [6.45, 7) is -0.0716. The Morgan fingerprint density at radius 2 is 1.76 bits per heavy atom. The second-order valence-electron chi connectivity index (χ2n) is 7.45. The van der Waals surface area contributed by atoms with Crippen molar-refractivity contribution in [2.75, 3.05) is 17.9 Å². The molecule has 0 spiro atoms. The molecule has 1 amide bonds. The molecule has 4 rings (SSSR count). The number of rotatable bonds is 4. The van der Waals surface area contributed by atoms with Gasteiger partial charge in [-0.25, -0.2) is 8.42 Å². The van der Waals surface area contributed by atoms with Gasteiger partial charge in [0.05, 0.1) is 17.1 Å². The van der Waals surface area contributed by atoms with Crippen LogP contribution in [-0.4, -0.2) is 45.0 Å². The first-order valence-electron chi connectivity index (χ1n) is 9.68. The van der Waals surface area contributed by atoms with E-state index in [0.717, 1.165) is 25.7 Å². The van der Waals surface area contributed by atoms with Gasteiger partial charge in [0.1, 0.15) is 5.75 Å². The summed E-state index contributed by atoms with van der Waals surface area (Å²) >= 11 is 5.91. The molecule has 1 heterocycles. The molecule has 29 heavy (non-hydrogen) atoms. The van der Waals surface area contributed by atoms with E-state index in [4.69, 9.17) is 16.3 Å². The van der Waals surface area contributed by atoms with Crippen LogP contribution >= 0.6 is 11.6 Å². The summed E-state index contributed by atoms with van der Waals surface area (Å²) in [5.74, 6) is 0.192. The molecule has 0 bridgehead atoms. The minimum Gasteiger partial charge on any atom is -0.476 e. The van der Waals surface area contributed by atoms with Gasteiger partial charge in [0, 0.05) is 18.1 Å². The summed E-state index contributed by atoms with van der Waals surface area (Å²) < 4.78 is 33.9. The van der Waals surface area contributed by atoms with Crippen molar-refractivity contribution in [3.63, 3.8) is 0 Å². The summed E-state index contributed by atoms with van der Waals surface area (Å²) in [6.07, 6.45) is 3.26. The first-order chi connectivity index (χ1) is 13.9. The number of likely N-dealkylation sites (N-methyl/N-ethyl adjacent to an activating group) is 1. The molecule has 0 aromatic heterocycles. The van der Waals surface area contributed by atoms with Gasteiger partial charge < -0.3 is 9.64 Å². The van der Waals surface area contributed by atoms with Crippen LogP contribution in [0.15, 0.2) is 53.4 Å². The molecule has 0 N–H and O–H groups in total. The van der Waals surface area contributed by atoms with Crippen molar-refractivity contribution in [3.05, 3.63) is 53.6 Å². The van der Waals surface area contributed by atoms with Gasteiger partial charge >= 0.3 is 0 Å². The lowest BCUT2D eigenvalue weighted by molar-refractivity contribution is -0.139. The Morgan fingerprint density at radius 3 is 2.45 bits per heavy atom. The molecule has 1 atom stereocenters. The van der Waals surface area contributed by atoms with Crippen molar-refractivity contribution >= 4 is 33.2 Å². The summed E-state index contributed by atoms with van der Waals surface area (Å²) in [5, 5.41) is 0.456. The lowest BCUT2D eigenvalue weighted by Crippen LogP contribution is -2.52. The minimum atomic E-state index is -3.88. The van der Waals surface area contributed by atoms with Gasteiger partial charge in [-0.2, -0.15) is 0 Å². The van der Waals surface area contributed by atoms with Gasteiger partial charge in [0.15, 0.2) is 6.10 Å². The number of amides is 1. The fraction of sp³-hybridized carbons (Fsp3) is 0.381. The smallest absolute Gasteiger partial charge is 0.265 e. The van der Waals surface area contributed by atoms with Crippen molar-refractivity contribution in [3.8, 4) is 5.75 Å². The lowest BCUT2D eigenvalue weighted by atomic mass is 10.1. The number of anilines is 1. The lowest BCUT2D eigenvalue weighted by Gasteiger charge is -2.37. The fourth-order valence-electron chi connectivity index (χ4n) is 3.99. The van der Waals surface area contributed by atoms with E-state index in [-0.39, 0.29) is 23.4 Å². The third kappa shape index (κ3) is 3.81. The second kappa shape index (κ2) is 7.88. The van der Waals surface area contributed by atoms with Crippen molar-refractivity contribution in [2.45, 2.75) is 42.7 Å². The van der Waals surface area contributed by atoms with E-state index in [1.807, 2.05) is 0 Å². The monoisotopic (exact) mass is 434 g/mol. The Morgan fingerprint density at radius 1 is 1.10 bits per heavy atom. The summed E-state index contributed by atoms with van der Waals surface area (Å²) in [7, 11) is -2.10. The zero-order valence-electron chi connectivity index (χ0n) is 16.1. The highest BCUT2D eigenvalue weighted by Gasteiger charge is 2.39. The molecule has 2 aromatic carbocycles. The number of hydrogen-bond donors (Lipinski definition) is 0. The van der Waals surface area contributed by atoms with Crippen LogP contribution in [0.2, 0.25) is 5.02 Å². The van der Waals surface area contributed by atoms with E-state index < -0.39 is 16.1 Å². The van der Waals surface area contributed by atoms with Gasteiger partial charge in [-0.3, -0.25) is 9.10 Å². The van der Waals surface area contributed by atoms with Crippen molar-refractivity contribution in [1.29, 1.82) is 0 Å². The quantitative estimate of drug-likeness (QED) is 0.735. The molecule has 1 saturated carbocycles. The van der Waals surface area contributed by atoms with Crippen molar-refractivity contribution < 1.29 is 17.9 Å². The number of ether oxygens (including phenoxy) is 1. The van der Waals surface area contributed by atoms with Crippen LogP contribution in [0, 0.1) is 0 Å². The SMILES string of the molecule is CN(C(=O)[C@H]1CN(S(=O)(=O)c2ccc(Cl)cc2)c2ccccc2O1)C1CCCC1. The molecule has 8 heteroatoms. The van der Waals surface area contributed by atoms with Gasteiger partial charge in [0.2, 0.25) is 0 Å². The normalized spacial score (nSPS) is 19.5. The first kappa shape index (κ1) is 20.0. The first-order valence-corrected chi connectivity index (χ1v) is 11.5. The van der Waals surface area contributed by atoms with Crippen LogP contribution in [0.25, 0.3) is 0 Å². The summed E-state index contributed by atoms with van der Waals surface area (Å²) in [5.41, 5.74) is 0.426. The molecule has 2 aliphatic rings. The summed E-state index contributed by atoms with van der Waals surface area (Å²) in [4.78, 5) is 15.0. The highest BCUT2D eigenvalue weighted by atomic mass is 35.5. The number of halogens is 1. The number of sulfonamides is 1. The van der Waals surface area contributed by atoms with Crippen LogP contribution in [0.3, 0.4) is 0 Å². The van der Waals surface area contributed by atoms with E-state index in [1.54, 1.807) is 36.2 Å². The minimum absolute atomic E-state index is 0.0716. The maximum atomic E-state index is 13.4. The van der Waals surface area contributed by atoms with Crippen LogP contribution in [0.5, 0.6) is 5.75 Å². The molecule has 1 aliphatic carbocycles. The predicted octanol–water partition coefficient (Wildman–Crippen LogP) is 3.70. The van der Waals surface area contributed by atoms with Gasteiger partial charge in [-0.15, -0.1) is 0 Å². The van der Waals surface area contributed by atoms with E-state index in [1.165, 1.54) is 28.6 Å². The average Bonchev–Trinajstić information content (AvgIpc) is 3.27. The van der Waals surface area contributed by atoms with Crippen LogP contribution in [0.4, 0.5) is 5.69 Å². The Kier molecular flexibility index (Phi) is 5.44. The van der Waals surface area contributed by atoms with E-state index in [9.17, 15) is 13.2 Å². The van der Waals surface area contributed by atoms with Crippen molar-refractivity contribution in [1.82, 2.24) is 4.90 Å². The molecular weight excluding hydrogens is 412 g/mol. The molecule has 0 unspecified atom stereocenters. The summed E-state index contributed by atoms with van der Waals surface area (Å²) in [6, 6.07) is 13.1. The third-order valence-corrected chi connectivity index (χ3v) is 7.68. The standard InChI is InChI=1S/C21H23ClN2O4S/c1-23(16-6-2-3-7-16)21(25)20-14-24(18-8-4-5-9-19(18)28-20)29(26,27)17-12-10-15(22)11-13-17/h4-5,8-13,16,20H,2-3,6-7,14H2,1H3/t20-/m1/s1. The molecule has 154 valence electrons. The molecular formula is C21H23ClN2O4S. The molecule has 1 fully saturated rings. The Balaban J connectivity index is 1.68. The van der Waals surface area contributed by atoms with E-state index in [2.05, 4.69) is 0 Å². The number of para-hydroxylation sites is 2. The Bertz CT molecular complexity index is 1000. The number of benzene rings is 2. The zero-order valence-corrected chi connectivity index (χ0v) is 17.7. The van der Waals surface area contributed by atoms with Crippen LogP contribution < -0.4 is 9.04 Å². The number of carbonyl (C=O) groups is 1. The molecule has 0 saturated heterocycles. The van der Waals surface area contributed by atoms with Crippen LogP contribution in [-0.2, 0) is 14.8 Å². The Labute approximate surface area is 176 Å². The zero-order chi connectivity index (χ0) is 20.6. The molecule has 1 aliphatic heterocycles. The highest BCUT2D eigenvalue weighted by Crippen LogP contribution is 2.37. The average molecular weight is 435 g/mol. The highest BCUT2D eigenvalue weighted by molar-refractivity contribution is 7.92. The van der Waals surface area contributed by atoms with Gasteiger partial charge in [-0.05, 0) is 49.2 Å². The fourth-order valence-corrected chi connectivity index (χ4v) is 5.59. The van der Waals surface area contributed by atoms with E-state index >= 15 is 0 Å². The van der Waals surface area contributed by atoms with Crippen molar-refractivity contribution in [2.24, 2.45) is 0 Å². The predicted molar refractivity (Wildman–Crippen MR) is 112 cm³/mol. The maximum absolute atomic E-state index is 13.4. The van der Waals surface area contributed by atoms with E-state index in [0.29, 0.717) is 16.5 Å². The number of carbonyl (C=O) groups excluding carboxylic acids is 1. The number of hydrogen-bond acceptors (Lipinski definition) is 4. The topological polar surface area (TPSA) is 66.9 Å². The number of fused-ring (bicyclic) bond motifs is 1. The second-order valence-corrected chi connectivity index (χ2v) is 9.75. The largest absolute Gasteiger partial charge is 0.476 e. The van der Waals surface area contributed by atoms with Gasteiger partial charge in [-0.1, -0.05) is 36.6 Å². The molecule has 6 nitrogen and oxygen atoms in total. The Hall–Kier alpha value is -2.25. The number of nitrogens with zero attached hydrogens (tertiary/aromatic N) is 2.